The first-order valence-electron chi connectivity index (χ1n) is 4.52. The highest BCUT2D eigenvalue weighted by atomic mass is 19.1. The van der Waals surface area contributed by atoms with E-state index in [2.05, 4.69) is 0 Å². The molecule has 3 heteroatoms. The number of hydrogen-bond donors (Lipinski definition) is 2. The van der Waals surface area contributed by atoms with Crippen molar-refractivity contribution in [3.05, 3.63) is 35.6 Å². The predicted octanol–water partition coefficient (Wildman–Crippen LogP) is 1.88. The van der Waals surface area contributed by atoms with Crippen LogP contribution >= 0.6 is 0 Å². The lowest BCUT2D eigenvalue weighted by Gasteiger charge is -2.28. The van der Waals surface area contributed by atoms with Gasteiger partial charge in [-0.2, -0.15) is 0 Å². The van der Waals surface area contributed by atoms with Gasteiger partial charge in [0.25, 0.3) is 0 Å². The summed E-state index contributed by atoms with van der Waals surface area (Å²) in [5, 5.41) is 18.9. The zero-order chi connectivity index (χ0) is 10.8. The second-order valence-electron chi connectivity index (χ2n) is 4.07. The van der Waals surface area contributed by atoms with Gasteiger partial charge in [-0.25, -0.2) is 4.39 Å². The van der Waals surface area contributed by atoms with Crippen molar-refractivity contribution < 1.29 is 14.6 Å². The Morgan fingerprint density at radius 3 is 2.43 bits per heavy atom. The van der Waals surface area contributed by atoms with E-state index in [0.717, 1.165) is 0 Å². The molecule has 1 aromatic rings. The molecule has 0 aliphatic carbocycles. The summed E-state index contributed by atoms with van der Waals surface area (Å²) in [5.74, 6) is -0.443. The Labute approximate surface area is 83.0 Å². The molecule has 0 heterocycles. The molecule has 1 rings (SSSR count). The van der Waals surface area contributed by atoms with Crippen LogP contribution in [-0.4, -0.2) is 16.8 Å². The summed E-state index contributed by atoms with van der Waals surface area (Å²) >= 11 is 0. The Balaban J connectivity index is 3.00. The lowest BCUT2D eigenvalue weighted by atomic mass is 9.83. The van der Waals surface area contributed by atoms with Crippen molar-refractivity contribution in [2.24, 2.45) is 5.41 Å². The number of halogens is 1. The molecule has 1 unspecified atom stereocenters. The highest BCUT2D eigenvalue weighted by Gasteiger charge is 2.29. The third kappa shape index (κ3) is 2.11. The molecule has 1 atom stereocenters. The molecule has 0 aromatic heterocycles. The maximum Gasteiger partial charge on any atom is 0.129 e. The highest BCUT2D eigenvalue weighted by Crippen LogP contribution is 2.33. The molecule has 78 valence electrons. The van der Waals surface area contributed by atoms with Gasteiger partial charge in [-0.1, -0.05) is 32.0 Å². The van der Waals surface area contributed by atoms with E-state index in [1.54, 1.807) is 26.0 Å². The second-order valence-corrected chi connectivity index (χ2v) is 4.07. The molecular formula is C11H15FO2. The topological polar surface area (TPSA) is 40.5 Å². The van der Waals surface area contributed by atoms with E-state index < -0.39 is 17.3 Å². The van der Waals surface area contributed by atoms with E-state index in [1.165, 1.54) is 12.1 Å². The van der Waals surface area contributed by atoms with Gasteiger partial charge in [0.2, 0.25) is 0 Å². The average molecular weight is 198 g/mol. The first-order valence-corrected chi connectivity index (χ1v) is 4.52. The molecule has 0 bridgehead atoms. The van der Waals surface area contributed by atoms with Crippen molar-refractivity contribution in [3.8, 4) is 0 Å². The predicted molar refractivity (Wildman–Crippen MR) is 52.2 cm³/mol. The van der Waals surface area contributed by atoms with Crippen molar-refractivity contribution in [2.75, 3.05) is 6.61 Å². The molecule has 2 nitrogen and oxygen atoms in total. The van der Waals surface area contributed by atoms with Gasteiger partial charge in [0, 0.05) is 11.0 Å². The van der Waals surface area contributed by atoms with Crippen molar-refractivity contribution in [2.45, 2.75) is 20.0 Å². The maximum absolute atomic E-state index is 13.3. The smallest absolute Gasteiger partial charge is 0.129 e. The summed E-state index contributed by atoms with van der Waals surface area (Å²) in [4.78, 5) is 0. The largest absolute Gasteiger partial charge is 0.396 e. The van der Waals surface area contributed by atoms with Crippen LogP contribution in [-0.2, 0) is 0 Å². The molecule has 0 spiro atoms. The normalized spacial score (nSPS) is 14.1. The zero-order valence-corrected chi connectivity index (χ0v) is 8.37. The molecule has 0 fully saturated rings. The van der Waals surface area contributed by atoms with Gasteiger partial charge in [0.15, 0.2) is 0 Å². The fraction of sp³-hybridized carbons (Fsp3) is 0.455. The van der Waals surface area contributed by atoms with E-state index in [1.807, 2.05) is 0 Å². The van der Waals surface area contributed by atoms with E-state index in [4.69, 9.17) is 5.11 Å². The van der Waals surface area contributed by atoms with E-state index in [0.29, 0.717) is 0 Å². The number of hydrogen-bond acceptors (Lipinski definition) is 2. The van der Waals surface area contributed by atoms with E-state index in [9.17, 15) is 9.50 Å². The third-order valence-corrected chi connectivity index (χ3v) is 2.35. The van der Waals surface area contributed by atoms with Crippen molar-refractivity contribution in [3.63, 3.8) is 0 Å². The van der Waals surface area contributed by atoms with Gasteiger partial charge in [-0.3, -0.25) is 0 Å². The van der Waals surface area contributed by atoms with Crippen LogP contribution in [0.1, 0.15) is 25.5 Å². The van der Waals surface area contributed by atoms with Crippen molar-refractivity contribution >= 4 is 0 Å². The van der Waals surface area contributed by atoms with Crippen LogP contribution in [0.2, 0.25) is 0 Å². The van der Waals surface area contributed by atoms with Gasteiger partial charge < -0.3 is 10.2 Å². The van der Waals surface area contributed by atoms with Crippen LogP contribution in [0.5, 0.6) is 0 Å². The third-order valence-electron chi connectivity index (χ3n) is 2.35. The Hall–Kier alpha value is -0.930. The number of benzene rings is 1. The fourth-order valence-electron chi connectivity index (χ4n) is 1.20. The summed E-state index contributed by atoms with van der Waals surface area (Å²) in [7, 11) is 0. The summed E-state index contributed by atoms with van der Waals surface area (Å²) in [6.45, 7) is 3.18. The number of aliphatic hydroxyl groups is 2. The summed E-state index contributed by atoms with van der Waals surface area (Å²) in [5.41, 5.74) is -0.506. The van der Waals surface area contributed by atoms with Crippen LogP contribution in [0.15, 0.2) is 24.3 Å². The van der Waals surface area contributed by atoms with Crippen molar-refractivity contribution in [1.82, 2.24) is 0 Å². The average Bonchev–Trinajstić information content (AvgIpc) is 2.17. The summed E-state index contributed by atoms with van der Waals surface area (Å²) in [6, 6.07) is 6.05. The molecule has 0 aliphatic heterocycles. The summed E-state index contributed by atoms with van der Waals surface area (Å²) < 4.78 is 13.3. The summed E-state index contributed by atoms with van der Waals surface area (Å²) in [6.07, 6.45) is -0.992. The first kappa shape index (κ1) is 11.1. The second kappa shape index (κ2) is 4.07. The van der Waals surface area contributed by atoms with Crippen LogP contribution < -0.4 is 0 Å². The Bertz CT molecular complexity index is 310. The molecular weight excluding hydrogens is 183 g/mol. The minimum absolute atomic E-state index is 0.192. The molecule has 2 N–H and O–H groups in total. The number of aliphatic hydroxyl groups excluding tert-OH is 2. The molecule has 14 heavy (non-hydrogen) atoms. The van der Waals surface area contributed by atoms with Crippen LogP contribution in [0.4, 0.5) is 4.39 Å². The monoisotopic (exact) mass is 198 g/mol. The van der Waals surface area contributed by atoms with Crippen molar-refractivity contribution in [1.29, 1.82) is 0 Å². The Kier molecular flexibility index (Phi) is 3.24. The van der Waals surface area contributed by atoms with Crippen LogP contribution in [0.25, 0.3) is 0 Å². The lowest BCUT2D eigenvalue weighted by molar-refractivity contribution is 0.00429. The highest BCUT2D eigenvalue weighted by molar-refractivity contribution is 5.21. The fourth-order valence-corrected chi connectivity index (χ4v) is 1.20. The molecule has 0 saturated heterocycles. The van der Waals surface area contributed by atoms with Gasteiger partial charge in [-0.05, 0) is 6.07 Å². The molecule has 0 radical (unpaired) electrons. The van der Waals surface area contributed by atoms with Gasteiger partial charge >= 0.3 is 0 Å². The van der Waals surface area contributed by atoms with E-state index in [-0.39, 0.29) is 12.2 Å². The minimum Gasteiger partial charge on any atom is -0.396 e. The molecule has 1 aromatic carbocycles. The standard InChI is InChI=1S/C11H15FO2/c1-11(2,7-13)10(14)8-5-3-4-6-9(8)12/h3-6,10,13-14H,7H2,1-2H3. The van der Waals surface area contributed by atoms with Gasteiger partial charge in [-0.15, -0.1) is 0 Å². The SMILES string of the molecule is CC(C)(CO)C(O)c1ccccc1F. The zero-order valence-electron chi connectivity index (χ0n) is 8.37. The van der Waals surface area contributed by atoms with Gasteiger partial charge in [0.1, 0.15) is 5.82 Å². The molecule has 0 saturated carbocycles. The quantitative estimate of drug-likeness (QED) is 0.778. The number of rotatable bonds is 3. The minimum atomic E-state index is -0.992. The first-order chi connectivity index (χ1) is 6.49. The Morgan fingerprint density at radius 1 is 1.36 bits per heavy atom. The van der Waals surface area contributed by atoms with Crippen LogP contribution in [0.3, 0.4) is 0 Å². The maximum atomic E-state index is 13.3. The molecule has 0 aliphatic rings. The van der Waals surface area contributed by atoms with E-state index >= 15 is 0 Å². The molecule has 0 amide bonds. The van der Waals surface area contributed by atoms with Gasteiger partial charge in [0.05, 0.1) is 12.7 Å². The lowest BCUT2D eigenvalue weighted by Crippen LogP contribution is -2.26. The van der Waals surface area contributed by atoms with Crippen LogP contribution in [0, 0.1) is 11.2 Å². The Morgan fingerprint density at radius 2 is 1.93 bits per heavy atom.